The molecule has 3 nitrogen and oxygen atoms in total. The van der Waals surface area contributed by atoms with Crippen molar-refractivity contribution in [3.8, 4) is 0 Å². The number of likely N-dealkylation sites (tertiary alicyclic amines) is 1. The molecule has 0 aromatic heterocycles. The van der Waals surface area contributed by atoms with Gasteiger partial charge < -0.3 is 10.6 Å². The Bertz CT molecular complexity index is 532. The van der Waals surface area contributed by atoms with Crippen LogP contribution in [-0.2, 0) is 4.79 Å². The average Bonchev–Trinajstić information content (AvgIpc) is 2.81. The number of nitrogens with zero attached hydrogens (tertiary/aromatic N) is 1. The van der Waals surface area contributed by atoms with Gasteiger partial charge in [0.15, 0.2) is 0 Å². The van der Waals surface area contributed by atoms with Gasteiger partial charge in [-0.2, -0.15) is 0 Å². The van der Waals surface area contributed by atoms with Crippen molar-refractivity contribution >= 4 is 18.3 Å². The minimum atomic E-state index is -0.319. The molecule has 1 amide bonds. The maximum Gasteiger partial charge on any atom is 0.227 e. The highest BCUT2D eigenvalue weighted by Gasteiger charge is 2.40. The Labute approximate surface area is 152 Å². The Kier molecular flexibility index (Phi) is 6.70. The molecule has 24 heavy (non-hydrogen) atoms. The highest BCUT2D eigenvalue weighted by atomic mass is 35.5. The van der Waals surface area contributed by atoms with E-state index < -0.39 is 0 Å². The van der Waals surface area contributed by atoms with Crippen LogP contribution in [0, 0.1) is 5.92 Å². The van der Waals surface area contributed by atoms with E-state index in [-0.39, 0.29) is 23.9 Å². The average molecular weight is 351 g/mol. The molecule has 2 N–H and O–H groups in total. The van der Waals surface area contributed by atoms with Gasteiger partial charge >= 0.3 is 0 Å². The first-order valence-electron chi connectivity index (χ1n) is 9.20. The van der Waals surface area contributed by atoms with E-state index in [1.807, 2.05) is 0 Å². The van der Waals surface area contributed by atoms with Crippen LogP contribution in [0.4, 0.5) is 0 Å². The molecule has 1 aliphatic carbocycles. The normalized spacial score (nSPS) is 31.0. The van der Waals surface area contributed by atoms with Crippen LogP contribution in [0.5, 0.6) is 0 Å². The Morgan fingerprint density at radius 2 is 1.83 bits per heavy atom. The number of hydrogen-bond donors (Lipinski definition) is 1. The van der Waals surface area contributed by atoms with E-state index in [4.69, 9.17) is 5.73 Å². The molecule has 2 fully saturated rings. The van der Waals surface area contributed by atoms with Gasteiger partial charge in [-0.3, -0.25) is 4.79 Å². The zero-order valence-electron chi connectivity index (χ0n) is 14.7. The predicted molar refractivity (Wildman–Crippen MR) is 101 cm³/mol. The summed E-state index contributed by atoms with van der Waals surface area (Å²) in [6, 6.07) is 10.7. The molecule has 2 aliphatic rings. The van der Waals surface area contributed by atoms with E-state index in [1.54, 1.807) is 0 Å². The van der Waals surface area contributed by atoms with Crippen molar-refractivity contribution in [3.05, 3.63) is 35.9 Å². The number of benzene rings is 1. The van der Waals surface area contributed by atoms with Crippen molar-refractivity contribution in [2.75, 3.05) is 13.1 Å². The molecule has 3 rings (SSSR count). The summed E-state index contributed by atoms with van der Waals surface area (Å²) >= 11 is 0. The second kappa shape index (κ2) is 8.35. The van der Waals surface area contributed by atoms with Crippen LogP contribution < -0.4 is 5.73 Å². The minimum absolute atomic E-state index is 0. The SMILES string of the molecule is CC1(N)CCCCC1C(=O)N1CCCC(c2ccccc2)CC1.Cl. The largest absolute Gasteiger partial charge is 0.342 e. The van der Waals surface area contributed by atoms with Gasteiger partial charge in [0, 0.05) is 18.6 Å². The molecule has 1 aromatic rings. The fraction of sp³-hybridized carbons (Fsp3) is 0.650. The van der Waals surface area contributed by atoms with Crippen molar-refractivity contribution in [2.24, 2.45) is 11.7 Å². The second-order valence-corrected chi connectivity index (χ2v) is 7.67. The van der Waals surface area contributed by atoms with E-state index in [9.17, 15) is 4.79 Å². The summed E-state index contributed by atoms with van der Waals surface area (Å²) in [5.41, 5.74) is 7.54. The number of nitrogens with two attached hydrogens (primary N) is 1. The van der Waals surface area contributed by atoms with Crippen LogP contribution in [0.2, 0.25) is 0 Å². The highest BCUT2D eigenvalue weighted by molar-refractivity contribution is 5.85. The van der Waals surface area contributed by atoms with E-state index >= 15 is 0 Å². The first-order chi connectivity index (χ1) is 11.1. The third kappa shape index (κ3) is 4.31. The lowest BCUT2D eigenvalue weighted by Gasteiger charge is -2.39. The molecule has 1 aliphatic heterocycles. The molecule has 0 spiro atoms. The van der Waals surface area contributed by atoms with Gasteiger partial charge in [0.1, 0.15) is 0 Å². The number of hydrogen-bond acceptors (Lipinski definition) is 2. The molecule has 3 unspecified atom stereocenters. The second-order valence-electron chi connectivity index (χ2n) is 7.67. The minimum Gasteiger partial charge on any atom is -0.342 e. The quantitative estimate of drug-likeness (QED) is 0.872. The Hall–Kier alpha value is -1.06. The Balaban J connectivity index is 0.00000208. The summed E-state index contributed by atoms with van der Waals surface area (Å²) in [5.74, 6) is 0.914. The Morgan fingerprint density at radius 1 is 1.08 bits per heavy atom. The first-order valence-corrected chi connectivity index (χ1v) is 9.20. The van der Waals surface area contributed by atoms with Crippen LogP contribution in [-0.4, -0.2) is 29.4 Å². The molecule has 134 valence electrons. The van der Waals surface area contributed by atoms with Crippen molar-refractivity contribution < 1.29 is 4.79 Å². The van der Waals surface area contributed by atoms with Gasteiger partial charge in [-0.15, -0.1) is 12.4 Å². The lowest BCUT2D eigenvalue weighted by atomic mass is 9.74. The molecule has 0 radical (unpaired) electrons. The van der Waals surface area contributed by atoms with Gasteiger partial charge in [0.05, 0.1) is 5.92 Å². The third-order valence-corrected chi connectivity index (χ3v) is 5.86. The molecule has 1 saturated heterocycles. The fourth-order valence-corrected chi connectivity index (χ4v) is 4.36. The summed E-state index contributed by atoms with van der Waals surface area (Å²) < 4.78 is 0. The van der Waals surface area contributed by atoms with Gasteiger partial charge in [0.2, 0.25) is 5.91 Å². The number of rotatable bonds is 2. The van der Waals surface area contributed by atoms with Crippen molar-refractivity contribution in [1.29, 1.82) is 0 Å². The van der Waals surface area contributed by atoms with Crippen molar-refractivity contribution in [1.82, 2.24) is 4.90 Å². The van der Waals surface area contributed by atoms with E-state index in [0.717, 1.165) is 51.6 Å². The summed E-state index contributed by atoms with van der Waals surface area (Å²) in [4.78, 5) is 15.1. The molecule has 3 atom stereocenters. The maximum atomic E-state index is 13.0. The lowest BCUT2D eigenvalue weighted by Crippen LogP contribution is -2.53. The summed E-state index contributed by atoms with van der Waals surface area (Å²) in [6.07, 6.45) is 7.59. The van der Waals surface area contributed by atoms with Crippen molar-refractivity contribution in [2.45, 2.75) is 63.3 Å². The topological polar surface area (TPSA) is 46.3 Å². The molecule has 4 heteroatoms. The van der Waals surface area contributed by atoms with Crippen LogP contribution >= 0.6 is 12.4 Å². The van der Waals surface area contributed by atoms with Gasteiger partial charge in [-0.1, -0.05) is 43.2 Å². The number of carbonyl (C=O) groups is 1. The van der Waals surface area contributed by atoms with Gasteiger partial charge in [-0.25, -0.2) is 0 Å². The highest BCUT2D eigenvalue weighted by Crippen LogP contribution is 2.34. The molecule has 1 heterocycles. The van der Waals surface area contributed by atoms with Crippen LogP contribution in [0.15, 0.2) is 30.3 Å². The fourth-order valence-electron chi connectivity index (χ4n) is 4.36. The van der Waals surface area contributed by atoms with Crippen LogP contribution in [0.3, 0.4) is 0 Å². The molecular formula is C20H31ClN2O. The van der Waals surface area contributed by atoms with Gasteiger partial charge in [-0.05, 0) is 50.5 Å². The zero-order chi connectivity index (χ0) is 16.3. The van der Waals surface area contributed by atoms with Crippen LogP contribution in [0.1, 0.15) is 63.4 Å². The summed E-state index contributed by atoms with van der Waals surface area (Å²) in [6.45, 7) is 3.85. The molecule has 1 aromatic carbocycles. The summed E-state index contributed by atoms with van der Waals surface area (Å²) in [5, 5.41) is 0. The Morgan fingerprint density at radius 3 is 2.54 bits per heavy atom. The number of amides is 1. The first kappa shape index (κ1) is 19.3. The van der Waals surface area contributed by atoms with E-state index in [0.29, 0.717) is 11.8 Å². The van der Waals surface area contributed by atoms with Gasteiger partial charge in [0.25, 0.3) is 0 Å². The third-order valence-electron chi connectivity index (χ3n) is 5.86. The maximum absolute atomic E-state index is 13.0. The molecule has 1 saturated carbocycles. The van der Waals surface area contributed by atoms with Crippen molar-refractivity contribution in [3.63, 3.8) is 0 Å². The number of halogens is 1. The predicted octanol–water partition coefficient (Wildman–Crippen LogP) is 4.11. The molecular weight excluding hydrogens is 320 g/mol. The van der Waals surface area contributed by atoms with Crippen LogP contribution in [0.25, 0.3) is 0 Å². The monoisotopic (exact) mass is 350 g/mol. The summed E-state index contributed by atoms with van der Waals surface area (Å²) in [7, 11) is 0. The molecule has 0 bridgehead atoms. The number of carbonyl (C=O) groups excluding carboxylic acids is 1. The van der Waals surface area contributed by atoms with E-state index in [2.05, 4.69) is 42.2 Å². The zero-order valence-corrected chi connectivity index (χ0v) is 15.6. The lowest BCUT2D eigenvalue weighted by molar-refractivity contribution is -0.138. The van der Waals surface area contributed by atoms with E-state index in [1.165, 1.54) is 12.0 Å². The smallest absolute Gasteiger partial charge is 0.227 e. The standard InChI is InChI=1S/C20H30N2O.ClH/c1-20(21)13-6-5-11-18(20)19(23)22-14-7-10-17(12-15-22)16-8-3-2-4-9-16;/h2-4,8-9,17-18H,5-7,10-15,21H2,1H3;1H.